The van der Waals surface area contributed by atoms with Crippen LogP contribution in [0.4, 0.5) is 11.4 Å². The lowest BCUT2D eigenvalue weighted by molar-refractivity contribution is 0.151. The number of H-pyrrole nitrogens is 1. The molecular weight excluding hydrogens is 499 g/mol. The first-order valence-corrected chi connectivity index (χ1v) is 13.2. The van der Waals surface area contributed by atoms with Crippen LogP contribution in [0.5, 0.6) is 11.5 Å². The standard InChI is InChI=1S/C27H34Cl2N4O3/c1-32-13-15-33(16-14-32)12-5-3-4-6-17-36-27-23(35-2)11-10-19-22(18-24(34)31-25(19)27)30-26-20(28)8-7-9-21(26)29/h7-11,18H,3-6,12-17H2,1-2H3,(H2,30,31,34). The molecule has 2 aromatic carbocycles. The molecule has 1 aliphatic heterocycles. The highest BCUT2D eigenvalue weighted by Gasteiger charge is 2.16. The van der Waals surface area contributed by atoms with Crippen LogP contribution in [-0.2, 0) is 0 Å². The molecule has 1 fully saturated rings. The molecule has 0 unspecified atom stereocenters. The van der Waals surface area contributed by atoms with Crippen molar-refractivity contribution >= 4 is 45.5 Å². The Morgan fingerprint density at radius 2 is 1.72 bits per heavy atom. The molecule has 0 saturated carbocycles. The Morgan fingerprint density at radius 1 is 1.00 bits per heavy atom. The molecule has 2 heterocycles. The third kappa shape index (κ3) is 6.65. The summed E-state index contributed by atoms with van der Waals surface area (Å²) in [7, 11) is 3.78. The SMILES string of the molecule is COc1ccc2c(Nc3c(Cl)cccc3Cl)cc(=O)[nH]c2c1OCCCCCCN1CCN(C)CC1. The first-order valence-electron chi connectivity index (χ1n) is 12.4. The zero-order chi connectivity index (χ0) is 25.5. The van der Waals surface area contributed by atoms with Gasteiger partial charge in [-0.05, 0) is 50.7 Å². The van der Waals surface area contributed by atoms with Gasteiger partial charge in [-0.1, -0.05) is 42.1 Å². The van der Waals surface area contributed by atoms with Gasteiger partial charge in [-0.3, -0.25) is 4.79 Å². The number of pyridine rings is 1. The van der Waals surface area contributed by atoms with Gasteiger partial charge < -0.3 is 29.6 Å². The first kappa shape index (κ1) is 26.6. The van der Waals surface area contributed by atoms with E-state index in [2.05, 4.69) is 27.1 Å². The summed E-state index contributed by atoms with van der Waals surface area (Å²) in [5.41, 5.74) is 1.43. The van der Waals surface area contributed by atoms with Crippen LogP contribution in [0, 0.1) is 0 Å². The Bertz CT molecular complexity index is 1210. The average molecular weight is 534 g/mol. The van der Waals surface area contributed by atoms with E-state index in [1.54, 1.807) is 25.3 Å². The number of methoxy groups -OCH3 is 1. The van der Waals surface area contributed by atoms with Gasteiger partial charge in [-0.2, -0.15) is 0 Å². The number of piperazine rings is 1. The zero-order valence-electron chi connectivity index (χ0n) is 20.9. The number of hydrogen-bond donors (Lipinski definition) is 2. The molecule has 1 saturated heterocycles. The summed E-state index contributed by atoms with van der Waals surface area (Å²) in [6, 6.07) is 10.5. The number of para-hydroxylation sites is 1. The fourth-order valence-corrected chi connectivity index (χ4v) is 4.97. The van der Waals surface area contributed by atoms with E-state index < -0.39 is 0 Å². The average Bonchev–Trinajstić information content (AvgIpc) is 2.86. The predicted octanol–water partition coefficient (Wildman–Crippen LogP) is 5.77. The van der Waals surface area contributed by atoms with E-state index in [4.69, 9.17) is 32.7 Å². The number of aromatic nitrogens is 1. The van der Waals surface area contributed by atoms with E-state index in [0.29, 0.717) is 45.0 Å². The van der Waals surface area contributed by atoms with Crippen LogP contribution in [0.15, 0.2) is 41.2 Å². The number of rotatable bonds is 11. The summed E-state index contributed by atoms with van der Waals surface area (Å²) in [6.07, 6.45) is 4.40. The maximum atomic E-state index is 12.5. The Labute approximate surface area is 222 Å². The molecule has 0 radical (unpaired) electrons. The summed E-state index contributed by atoms with van der Waals surface area (Å²) in [5, 5.41) is 4.93. The van der Waals surface area contributed by atoms with Crippen molar-refractivity contribution in [2.45, 2.75) is 25.7 Å². The van der Waals surface area contributed by atoms with Crippen LogP contribution in [-0.4, -0.2) is 68.3 Å². The molecule has 7 nitrogen and oxygen atoms in total. The lowest BCUT2D eigenvalue weighted by atomic mass is 10.1. The normalized spacial score (nSPS) is 14.8. The molecule has 0 atom stereocenters. The smallest absolute Gasteiger partial charge is 0.250 e. The lowest BCUT2D eigenvalue weighted by Crippen LogP contribution is -2.44. The van der Waals surface area contributed by atoms with Crippen molar-refractivity contribution in [3.8, 4) is 11.5 Å². The second kappa shape index (κ2) is 12.7. The second-order valence-corrected chi connectivity index (χ2v) is 10.0. The van der Waals surface area contributed by atoms with Gasteiger partial charge in [-0.25, -0.2) is 0 Å². The monoisotopic (exact) mass is 532 g/mol. The molecule has 0 spiro atoms. The number of unbranched alkanes of at least 4 members (excludes halogenated alkanes) is 3. The molecule has 36 heavy (non-hydrogen) atoms. The van der Waals surface area contributed by atoms with Gasteiger partial charge in [0.25, 0.3) is 5.56 Å². The quantitative estimate of drug-likeness (QED) is 0.305. The number of nitrogens with zero attached hydrogens (tertiary/aromatic N) is 2. The maximum Gasteiger partial charge on any atom is 0.250 e. The number of anilines is 2. The van der Waals surface area contributed by atoms with E-state index >= 15 is 0 Å². The Morgan fingerprint density at radius 3 is 2.44 bits per heavy atom. The first-order chi connectivity index (χ1) is 17.5. The number of hydrogen-bond acceptors (Lipinski definition) is 6. The summed E-state index contributed by atoms with van der Waals surface area (Å²) in [5.74, 6) is 1.10. The number of halogens is 2. The molecule has 1 aromatic heterocycles. The predicted molar refractivity (Wildman–Crippen MR) is 149 cm³/mol. The molecular formula is C27H34Cl2N4O3. The van der Waals surface area contributed by atoms with Crippen LogP contribution in [0.25, 0.3) is 10.9 Å². The van der Waals surface area contributed by atoms with Gasteiger partial charge in [0.15, 0.2) is 11.5 Å². The maximum absolute atomic E-state index is 12.5. The van der Waals surface area contributed by atoms with Gasteiger partial charge in [0.1, 0.15) is 0 Å². The molecule has 9 heteroatoms. The highest BCUT2D eigenvalue weighted by Crippen LogP contribution is 2.39. The lowest BCUT2D eigenvalue weighted by Gasteiger charge is -2.32. The van der Waals surface area contributed by atoms with Crippen molar-refractivity contribution in [3.05, 3.63) is 56.8 Å². The van der Waals surface area contributed by atoms with Gasteiger partial charge in [0.05, 0.1) is 40.7 Å². The minimum absolute atomic E-state index is 0.268. The molecule has 0 bridgehead atoms. The van der Waals surface area contributed by atoms with Gasteiger partial charge >= 0.3 is 0 Å². The molecule has 0 amide bonds. The minimum atomic E-state index is -0.268. The van der Waals surface area contributed by atoms with E-state index in [1.165, 1.54) is 18.9 Å². The molecule has 3 aromatic rings. The van der Waals surface area contributed by atoms with Crippen LogP contribution in [0.2, 0.25) is 10.0 Å². The van der Waals surface area contributed by atoms with Crippen LogP contribution in [0.1, 0.15) is 25.7 Å². The molecule has 1 aliphatic rings. The number of aromatic amines is 1. The number of fused-ring (bicyclic) bond motifs is 1. The van der Waals surface area contributed by atoms with Crippen molar-refractivity contribution < 1.29 is 9.47 Å². The number of nitrogens with one attached hydrogen (secondary N) is 2. The summed E-state index contributed by atoms with van der Waals surface area (Å²) >= 11 is 12.7. The van der Waals surface area contributed by atoms with Crippen LogP contribution < -0.4 is 20.3 Å². The summed E-state index contributed by atoms with van der Waals surface area (Å²) in [6.45, 7) is 6.35. The van der Waals surface area contributed by atoms with Crippen molar-refractivity contribution in [2.75, 3.05) is 58.8 Å². The van der Waals surface area contributed by atoms with E-state index in [0.717, 1.165) is 51.0 Å². The molecule has 0 aliphatic carbocycles. The topological polar surface area (TPSA) is 69.8 Å². The largest absolute Gasteiger partial charge is 0.493 e. The third-order valence-electron chi connectivity index (χ3n) is 6.59. The molecule has 4 rings (SSSR count). The third-order valence-corrected chi connectivity index (χ3v) is 7.22. The van der Waals surface area contributed by atoms with Crippen LogP contribution in [0.3, 0.4) is 0 Å². The Balaban J connectivity index is 1.40. The Hall–Kier alpha value is -2.45. The number of benzene rings is 2. The fraction of sp³-hybridized carbons (Fsp3) is 0.444. The van der Waals surface area contributed by atoms with Crippen molar-refractivity contribution in [1.82, 2.24) is 14.8 Å². The molecule has 194 valence electrons. The van der Waals surface area contributed by atoms with E-state index in [9.17, 15) is 4.79 Å². The van der Waals surface area contributed by atoms with Crippen molar-refractivity contribution in [2.24, 2.45) is 0 Å². The highest BCUT2D eigenvalue weighted by molar-refractivity contribution is 6.39. The van der Waals surface area contributed by atoms with Gasteiger partial charge in [0.2, 0.25) is 0 Å². The van der Waals surface area contributed by atoms with Crippen LogP contribution >= 0.6 is 23.2 Å². The second-order valence-electron chi connectivity index (χ2n) is 9.20. The summed E-state index contributed by atoms with van der Waals surface area (Å²) in [4.78, 5) is 20.4. The Kier molecular flexibility index (Phi) is 9.37. The minimum Gasteiger partial charge on any atom is -0.493 e. The number of ether oxygens (including phenoxy) is 2. The summed E-state index contributed by atoms with van der Waals surface area (Å²) < 4.78 is 11.7. The van der Waals surface area contributed by atoms with Crippen molar-refractivity contribution in [3.63, 3.8) is 0 Å². The highest BCUT2D eigenvalue weighted by atomic mass is 35.5. The number of likely N-dealkylation sites (N-methyl/N-ethyl adjacent to an activating group) is 1. The van der Waals surface area contributed by atoms with Gasteiger partial charge in [-0.15, -0.1) is 0 Å². The van der Waals surface area contributed by atoms with Crippen molar-refractivity contribution in [1.29, 1.82) is 0 Å². The molecule has 2 N–H and O–H groups in total. The van der Waals surface area contributed by atoms with E-state index in [-0.39, 0.29) is 5.56 Å². The van der Waals surface area contributed by atoms with E-state index in [1.807, 2.05) is 12.1 Å². The zero-order valence-corrected chi connectivity index (χ0v) is 22.4. The van der Waals surface area contributed by atoms with Gasteiger partial charge in [0, 0.05) is 37.6 Å². The fourth-order valence-electron chi connectivity index (χ4n) is 4.48.